The molecule has 4 N–H and O–H groups in total. The summed E-state index contributed by atoms with van der Waals surface area (Å²) in [4.78, 5) is 23.4. The first kappa shape index (κ1) is 17.1. The molecule has 1 aromatic rings. The van der Waals surface area contributed by atoms with Gasteiger partial charge in [0.2, 0.25) is 0 Å². The number of amides is 2. The zero-order chi connectivity index (χ0) is 16.0. The van der Waals surface area contributed by atoms with Crippen LogP contribution in [0.4, 0.5) is 10.5 Å². The summed E-state index contributed by atoms with van der Waals surface area (Å²) in [6.07, 6.45) is 1.92. The average Bonchev–Trinajstić information content (AvgIpc) is 2.45. The number of aliphatic hydroxyl groups is 1. The molecule has 0 spiro atoms. The van der Waals surface area contributed by atoms with Gasteiger partial charge in [0, 0.05) is 4.90 Å². The predicted molar refractivity (Wildman–Crippen MR) is 80.1 cm³/mol. The molecule has 8 heteroatoms. The lowest BCUT2D eigenvalue weighted by Crippen LogP contribution is -2.47. The highest BCUT2D eigenvalue weighted by Crippen LogP contribution is 2.29. The van der Waals surface area contributed by atoms with Gasteiger partial charge >= 0.3 is 12.0 Å². The standard InChI is InChI=1S/C13H18N2O5S/c1-13(19,11(16)17)7-14-12(18)15-9-5-4-8(21-3)6-10(9)20-2/h4-6,19H,7H2,1-3H3,(H,16,17)(H2,14,15,18). The Hall–Kier alpha value is -1.93. The number of nitrogens with one attached hydrogen (secondary N) is 2. The molecule has 0 aliphatic rings. The maximum absolute atomic E-state index is 11.7. The summed E-state index contributed by atoms with van der Waals surface area (Å²) in [6, 6.07) is 4.63. The van der Waals surface area contributed by atoms with Crippen molar-refractivity contribution in [3.63, 3.8) is 0 Å². The van der Waals surface area contributed by atoms with E-state index in [2.05, 4.69) is 10.6 Å². The van der Waals surface area contributed by atoms with Crippen molar-refractivity contribution in [2.75, 3.05) is 25.2 Å². The third-order valence-corrected chi connectivity index (χ3v) is 3.44. The van der Waals surface area contributed by atoms with Crippen LogP contribution in [0.25, 0.3) is 0 Å². The zero-order valence-corrected chi connectivity index (χ0v) is 12.8. The number of thioether (sulfide) groups is 1. The second-order valence-corrected chi connectivity index (χ2v) is 5.33. The van der Waals surface area contributed by atoms with E-state index in [-0.39, 0.29) is 0 Å². The minimum atomic E-state index is -2.02. The van der Waals surface area contributed by atoms with Gasteiger partial charge in [-0.3, -0.25) is 0 Å². The Balaban J connectivity index is 2.69. The molecule has 0 aliphatic carbocycles. The lowest BCUT2D eigenvalue weighted by atomic mass is 10.1. The number of hydrogen-bond donors (Lipinski definition) is 4. The summed E-state index contributed by atoms with van der Waals surface area (Å²) in [5.41, 5.74) is -1.58. The number of urea groups is 1. The fraction of sp³-hybridized carbons (Fsp3) is 0.385. The SMILES string of the molecule is COc1cc(SC)ccc1NC(=O)NCC(C)(O)C(=O)O. The summed E-state index contributed by atoms with van der Waals surface area (Å²) in [6.45, 7) is 0.683. The topological polar surface area (TPSA) is 108 Å². The van der Waals surface area contributed by atoms with Crippen molar-refractivity contribution in [2.24, 2.45) is 0 Å². The number of methoxy groups -OCH3 is 1. The Bertz CT molecular complexity index is 533. The van der Waals surface area contributed by atoms with Gasteiger partial charge in [0.25, 0.3) is 0 Å². The van der Waals surface area contributed by atoms with Crippen molar-refractivity contribution in [3.8, 4) is 5.75 Å². The predicted octanol–water partition coefficient (Wildman–Crippen LogP) is 1.37. The van der Waals surface area contributed by atoms with Gasteiger partial charge in [0.15, 0.2) is 5.60 Å². The van der Waals surface area contributed by atoms with Gasteiger partial charge in [0.1, 0.15) is 5.75 Å². The lowest BCUT2D eigenvalue weighted by molar-refractivity contribution is -0.155. The van der Waals surface area contributed by atoms with Crippen LogP contribution in [0.2, 0.25) is 0 Å². The number of aliphatic carboxylic acids is 1. The largest absolute Gasteiger partial charge is 0.495 e. The smallest absolute Gasteiger partial charge is 0.337 e. The van der Waals surface area contributed by atoms with Gasteiger partial charge in [-0.1, -0.05) is 0 Å². The molecule has 0 heterocycles. The summed E-state index contributed by atoms with van der Waals surface area (Å²) in [5, 5.41) is 23.1. The first-order valence-corrected chi connectivity index (χ1v) is 7.25. The van der Waals surface area contributed by atoms with Crippen LogP contribution in [0.1, 0.15) is 6.92 Å². The van der Waals surface area contributed by atoms with Gasteiger partial charge in [-0.15, -0.1) is 11.8 Å². The quantitative estimate of drug-likeness (QED) is 0.591. The van der Waals surface area contributed by atoms with Crippen LogP contribution in [-0.2, 0) is 4.79 Å². The van der Waals surface area contributed by atoms with E-state index >= 15 is 0 Å². The van der Waals surface area contributed by atoms with Gasteiger partial charge in [-0.25, -0.2) is 9.59 Å². The van der Waals surface area contributed by atoms with Crippen molar-refractivity contribution in [1.29, 1.82) is 0 Å². The molecule has 7 nitrogen and oxygen atoms in total. The fourth-order valence-electron chi connectivity index (χ4n) is 1.40. The highest BCUT2D eigenvalue weighted by atomic mass is 32.2. The Morgan fingerprint density at radius 2 is 2.10 bits per heavy atom. The lowest BCUT2D eigenvalue weighted by Gasteiger charge is -2.19. The number of carboxylic acid groups (broad SMARTS) is 1. The number of rotatable bonds is 6. The molecule has 1 aromatic carbocycles. The van der Waals surface area contributed by atoms with E-state index in [1.54, 1.807) is 12.1 Å². The Morgan fingerprint density at radius 3 is 2.62 bits per heavy atom. The molecule has 0 bridgehead atoms. The molecule has 1 unspecified atom stereocenters. The number of carbonyl (C=O) groups excluding carboxylic acids is 1. The minimum Gasteiger partial charge on any atom is -0.495 e. The fourth-order valence-corrected chi connectivity index (χ4v) is 1.83. The first-order chi connectivity index (χ1) is 9.80. The summed E-state index contributed by atoms with van der Waals surface area (Å²) < 4.78 is 5.17. The van der Waals surface area contributed by atoms with Crippen molar-refractivity contribution in [2.45, 2.75) is 17.4 Å². The van der Waals surface area contributed by atoms with Gasteiger partial charge in [0.05, 0.1) is 19.3 Å². The van der Waals surface area contributed by atoms with E-state index in [0.29, 0.717) is 11.4 Å². The van der Waals surface area contributed by atoms with Crippen molar-refractivity contribution < 1.29 is 24.5 Å². The van der Waals surface area contributed by atoms with Crippen LogP contribution in [0, 0.1) is 0 Å². The van der Waals surface area contributed by atoms with Crippen LogP contribution in [0.3, 0.4) is 0 Å². The summed E-state index contributed by atoms with van der Waals surface area (Å²) in [5.74, 6) is -0.924. The zero-order valence-electron chi connectivity index (χ0n) is 12.0. The van der Waals surface area contributed by atoms with Crippen LogP contribution in [0.5, 0.6) is 5.75 Å². The molecule has 1 atom stereocenters. The van der Waals surface area contributed by atoms with Crippen LogP contribution in [0.15, 0.2) is 23.1 Å². The van der Waals surface area contributed by atoms with Crippen molar-refractivity contribution >= 4 is 29.4 Å². The van der Waals surface area contributed by atoms with E-state index in [0.717, 1.165) is 11.8 Å². The maximum Gasteiger partial charge on any atom is 0.337 e. The van der Waals surface area contributed by atoms with Gasteiger partial charge in [-0.2, -0.15) is 0 Å². The Kier molecular flexibility index (Phi) is 5.86. The van der Waals surface area contributed by atoms with E-state index in [1.807, 2.05) is 12.3 Å². The van der Waals surface area contributed by atoms with Gasteiger partial charge < -0.3 is 25.6 Å². The second kappa shape index (κ2) is 7.19. The maximum atomic E-state index is 11.7. The molecule has 0 saturated heterocycles. The van der Waals surface area contributed by atoms with E-state index in [4.69, 9.17) is 9.84 Å². The van der Waals surface area contributed by atoms with E-state index in [9.17, 15) is 14.7 Å². The molecule has 116 valence electrons. The normalized spacial score (nSPS) is 13.1. The highest BCUT2D eigenvalue weighted by molar-refractivity contribution is 7.98. The third kappa shape index (κ3) is 4.83. The number of hydrogen-bond acceptors (Lipinski definition) is 5. The molecule has 1 rings (SSSR count). The van der Waals surface area contributed by atoms with Crippen molar-refractivity contribution in [1.82, 2.24) is 5.32 Å². The number of carboxylic acids is 1. The molecule has 0 aliphatic heterocycles. The number of carbonyl (C=O) groups is 2. The molecular formula is C13H18N2O5S. The second-order valence-electron chi connectivity index (χ2n) is 4.45. The monoisotopic (exact) mass is 314 g/mol. The van der Waals surface area contributed by atoms with Crippen LogP contribution in [-0.4, -0.2) is 47.7 Å². The van der Waals surface area contributed by atoms with Gasteiger partial charge in [-0.05, 0) is 31.4 Å². The van der Waals surface area contributed by atoms with E-state index in [1.165, 1.54) is 18.9 Å². The Morgan fingerprint density at radius 1 is 1.43 bits per heavy atom. The molecule has 2 amide bonds. The summed E-state index contributed by atoms with van der Waals surface area (Å²) >= 11 is 1.54. The van der Waals surface area contributed by atoms with Crippen LogP contribution < -0.4 is 15.4 Å². The molecule has 0 fully saturated rings. The molecule has 21 heavy (non-hydrogen) atoms. The molecular weight excluding hydrogens is 296 g/mol. The summed E-state index contributed by atoms with van der Waals surface area (Å²) in [7, 11) is 1.48. The average molecular weight is 314 g/mol. The molecule has 0 saturated carbocycles. The molecule has 0 aromatic heterocycles. The number of ether oxygens (including phenoxy) is 1. The van der Waals surface area contributed by atoms with Crippen LogP contribution >= 0.6 is 11.8 Å². The third-order valence-electron chi connectivity index (χ3n) is 2.71. The first-order valence-electron chi connectivity index (χ1n) is 6.03. The minimum absolute atomic E-state index is 0.417. The number of benzene rings is 1. The number of anilines is 1. The Labute approximate surface area is 126 Å². The molecule has 0 radical (unpaired) electrons. The van der Waals surface area contributed by atoms with Crippen molar-refractivity contribution in [3.05, 3.63) is 18.2 Å². The van der Waals surface area contributed by atoms with E-state index < -0.39 is 24.1 Å². The highest BCUT2D eigenvalue weighted by Gasteiger charge is 2.30.